The first-order chi connectivity index (χ1) is 7.25. The van der Waals surface area contributed by atoms with E-state index in [9.17, 15) is 9.59 Å². The van der Waals surface area contributed by atoms with E-state index in [0.29, 0.717) is 6.42 Å². The first-order valence-corrected chi connectivity index (χ1v) is 5.91. The van der Waals surface area contributed by atoms with Crippen molar-refractivity contribution in [2.75, 3.05) is 6.54 Å². The van der Waals surface area contributed by atoms with Crippen molar-refractivity contribution in [3.8, 4) is 0 Å². The maximum atomic E-state index is 11.9. The van der Waals surface area contributed by atoms with Gasteiger partial charge in [0.05, 0.1) is 12.3 Å². The molecule has 0 heterocycles. The lowest BCUT2D eigenvalue weighted by Gasteiger charge is -2.26. The van der Waals surface area contributed by atoms with Crippen LogP contribution in [0.3, 0.4) is 0 Å². The molecule has 0 aliphatic heterocycles. The molecule has 1 saturated carbocycles. The minimum absolute atomic E-state index is 0.0448. The molecule has 1 fully saturated rings. The largest absolute Gasteiger partial charge is 0.481 e. The zero-order valence-corrected chi connectivity index (χ0v) is 10.8. The van der Waals surface area contributed by atoms with Gasteiger partial charge in [-0.3, -0.25) is 9.59 Å². The first-order valence-electron chi connectivity index (χ1n) is 5.16. The van der Waals surface area contributed by atoms with Gasteiger partial charge in [-0.1, -0.05) is 0 Å². The summed E-state index contributed by atoms with van der Waals surface area (Å²) in [6, 6.07) is -0.0448. The molecule has 0 aromatic carbocycles. The van der Waals surface area contributed by atoms with Crippen molar-refractivity contribution >= 4 is 35.1 Å². The summed E-state index contributed by atoms with van der Waals surface area (Å²) in [7, 11) is 0. The van der Waals surface area contributed by atoms with Crippen LogP contribution in [0.2, 0.25) is 0 Å². The number of rotatable bonds is 5. The summed E-state index contributed by atoms with van der Waals surface area (Å²) < 4.78 is -0.951. The molecular weight excluding hydrogens is 253 g/mol. The van der Waals surface area contributed by atoms with Crippen molar-refractivity contribution in [3.63, 3.8) is 0 Å². The average molecular weight is 268 g/mol. The van der Waals surface area contributed by atoms with Crippen LogP contribution in [0.5, 0.6) is 0 Å². The molecule has 0 aromatic heterocycles. The van der Waals surface area contributed by atoms with Gasteiger partial charge in [0, 0.05) is 12.6 Å². The van der Waals surface area contributed by atoms with Crippen molar-refractivity contribution in [1.29, 1.82) is 0 Å². The zero-order valence-electron chi connectivity index (χ0n) is 9.24. The van der Waals surface area contributed by atoms with E-state index in [1.807, 2.05) is 13.8 Å². The topological polar surface area (TPSA) is 57.6 Å². The molecule has 0 spiro atoms. The van der Waals surface area contributed by atoms with Crippen LogP contribution < -0.4 is 0 Å². The molecule has 0 radical (unpaired) electrons. The SMILES string of the molecule is CC(C)N(CCC(=O)O)C(=O)C1CC1(Cl)Cl. The Balaban J connectivity index is 2.57. The molecule has 1 aliphatic carbocycles. The Bertz CT molecular complexity index is 304. The Hall–Kier alpha value is -0.480. The van der Waals surface area contributed by atoms with E-state index in [-0.39, 0.29) is 30.8 Å². The minimum Gasteiger partial charge on any atom is -0.481 e. The summed E-state index contributed by atoms with van der Waals surface area (Å²) in [4.78, 5) is 23.9. The summed E-state index contributed by atoms with van der Waals surface area (Å²) in [5.74, 6) is -1.45. The van der Waals surface area contributed by atoms with Gasteiger partial charge in [-0.2, -0.15) is 0 Å². The molecule has 1 unspecified atom stereocenters. The number of carbonyl (C=O) groups is 2. The predicted octanol–water partition coefficient (Wildman–Crippen LogP) is 1.89. The number of hydrogen-bond acceptors (Lipinski definition) is 2. The number of carboxylic acids is 1. The summed E-state index contributed by atoms with van der Waals surface area (Å²) in [6.45, 7) is 3.88. The van der Waals surface area contributed by atoms with Crippen molar-refractivity contribution in [2.45, 2.75) is 37.1 Å². The zero-order chi connectivity index (χ0) is 12.5. The molecule has 1 amide bonds. The molecule has 92 valence electrons. The number of halogens is 2. The standard InChI is InChI=1S/C10H15Cl2NO3/c1-6(2)13(4-3-8(14)15)9(16)7-5-10(7,11)12/h6-7H,3-5H2,1-2H3,(H,14,15). The van der Waals surface area contributed by atoms with Gasteiger partial charge in [0.1, 0.15) is 4.33 Å². The highest BCUT2D eigenvalue weighted by molar-refractivity contribution is 6.52. The molecule has 6 heteroatoms. The van der Waals surface area contributed by atoms with Crippen LogP contribution in [-0.4, -0.2) is 38.8 Å². The van der Waals surface area contributed by atoms with Crippen LogP contribution in [0.15, 0.2) is 0 Å². The van der Waals surface area contributed by atoms with Crippen molar-refractivity contribution in [3.05, 3.63) is 0 Å². The Kier molecular flexibility index (Phi) is 4.07. The highest BCUT2D eigenvalue weighted by Gasteiger charge is 2.57. The molecule has 1 rings (SSSR count). The first kappa shape index (κ1) is 13.6. The van der Waals surface area contributed by atoms with Crippen LogP contribution in [0.1, 0.15) is 26.7 Å². The van der Waals surface area contributed by atoms with Gasteiger partial charge in [-0.25, -0.2) is 0 Å². The number of amides is 1. The van der Waals surface area contributed by atoms with Gasteiger partial charge < -0.3 is 10.0 Å². The van der Waals surface area contributed by atoms with Crippen molar-refractivity contribution in [2.24, 2.45) is 5.92 Å². The Labute approximate surface area is 105 Å². The quantitative estimate of drug-likeness (QED) is 0.774. The molecule has 1 N–H and O–H groups in total. The van der Waals surface area contributed by atoms with Gasteiger partial charge in [-0.05, 0) is 20.3 Å². The Morgan fingerprint density at radius 2 is 2.00 bits per heavy atom. The lowest BCUT2D eigenvalue weighted by atomic mass is 10.2. The Morgan fingerprint density at radius 3 is 2.31 bits per heavy atom. The Morgan fingerprint density at radius 1 is 1.50 bits per heavy atom. The number of aliphatic carboxylic acids is 1. The van der Waals surface area contributed by atoms with E-state index >= 15 is 0 Å². The van der Waals surface area contributed by atoms with Gasteiger partial charge in [0.25, 0.3) is 0 Å². The average Bonchev–Trinajstić information content (AvgIpc) is 2.74. The molecule has 0 bridgehead atoms. The number of alkyl halides is 2. The number of nitrogens with zero attached hydrogens (tertiary/aromatic N) is 1. The fourth-order valence-electron chi connectivity index (χ4n) is 1.52. The lowest BCUT2D eigenvalue weighted by Crippen LogP contribution is -2.40. The molecule has 0 saturated heterocycles. The molecule has 1 aliphatic rings. The van der Waals surface area contributed by atoms with E-state index in [1.165, 1.54) is 4.90 Å². The van der Waals surface area contributed by atoms with Crippen molar-refractivity contribution < 1.29 is 14.7 Å². The third-order valence-corrected chi connectivity index (χ3v) is 3.43. The highest BCUT2D eigenvalue weighted by atomic mass is 35.5. The fraction of sp³-hybridized carbons (Fsp3) is 0.800. The predicted molar refractivity (Wildman–Crippen MR) is 61.6 cm³/mol. The summed E-state index contributed by atoms with van der Waals surface area (Å²) in [5, 5.41) is 8.59. The van der Waals surface area contributed by atoms with Crippen LogP contribution in [0, 0.1) is 5.92 Å². The normalized spacial score (nSPS) is 21.9. The summed E-state index contributed by atoms with van der Waals surface area (Å²) in [6.07, 6.45) is 0.388. The van der Waals surface area contributed by atoms with E-state index in [1.54, 1.807) is 0 Å². The maximum Gasteiger partial charge on any atom is 0.305 e. The lowest BCUT2D eigenvalue weighted by molar-refractivity contribution is -0.139. The molecule has 0 aromatic rings. The number of carbonyl (C=O) groups excluding carboxylic acids is 1. The van der Waals surface area contributed by atoms with E-state index in [2.05, 4.69) is 0 Å². The summed E-state index contributed by atoms with van der Waals surface area (Å²) in [5.41, 5.74) is 0. The van der Waals surface area contributed by atoms with E-state index in [0.717, 1.165) is 0 Å². The maximum absolute atomic E-state index is 11.9. The van der Waals surface area contributed by atoms with Gasteiger partial charge in [0.2, 0.25) is 5.91 Å². The van der Waals surface area contributed by atoms with E-state index < -0.39 is 10.3 Å². The van der Waals surface area contributed by atoms with Gasteiger partial charge in [-0.15, -0.1) is 23.2 Å². The second-order valence-corrected chi connectivity index (χ2v) is 5.83. The van der Waals surface area contributed by atoms with Crippen LogP contribution in [-0.2, 0) is 9.59 Å². The minimum atomic E-state index is -0.951. The smallest absolute Gasteiger partial charge is 0.305 e. The highest BCUT2D eigenvalue weighted by Crippen LogP contribution is 2.54. The molecular formula is C10H15Cl2NO3. The molecule has 4 nitrogen and oxygen atoms in total. The van der Waals surface area contributed by atoms with E-state index in [4.69, 9.17) is 28.3 Å². The van der Waals surface area contributed by atoms with Crippen LogP contribution in [0.25, 0.3) is 0 Å². The monoisotopic (exact) mass is 267 g/mol. The van der Waals surface area contributed by atoms with Crippen LogP contribution >= 0.6 is 23.2 Å². The summed E-state index contributed by atoms with van der Waals surface area (Å²) >= 11 is 11.6. The number of hydrogen-bond donors (Lipinski definition) is 1. The number of carboxylic acid groups (broad SMARTS) is 1. The third-order valence-electron chi connectivity index (χ3n) is 2.60. The van der Waals surface area contributed by atoms with Crippen LogP contribution in [0.4, 0.5) is 0 Å². The second-order valence-electron chi connectivity index (χ2n) is 4.29. The van der Waals surface area contributed by atoms with Gasteiger partial charge >= 0.3 is 5.97 Å². The second kappa shape index (κ2) is 4.80. The van der Waals surface area contributed by atoms with Crippen molar-refractivity contribution in [1.82, 2.24) is 4.90 Å². The molecule has 16 heavy (non-hydrogen) atoms. The third kappa shape index (κ3) is 3.25. The molecule has 1 atom stereocenters. The van der Waals surface area contributed by atoms with Gasteiger partial charge in [0.15, 0.2) is 0 Å². The fourth-order valence-corrected chi connectivity index (χ4v) is 2.02.